The molecule has 18 heteroatoms. The lowest BCUT2D eigenvalue weighted by Gasteiger charge is -2.29. The van der Waals surface area contributed by atoms with Crippen molar-refractivity contribution in [3.05, 3.63) is 23.0 Å². The highest BCUT2D eigenvalue weighted by Crippen LogP contribution is 2.40. The zero-order chi connectivity index (χ0) is 28.2. The Morgan fingerprint density at radius 3 is 1.48 bits per heavy atom. The smallest absolute Gasteiger partial charge is 0.226 e. The third kappa shape index (κ3) is 4.58. The second kappa shape index (κ2) is 10.5. The average molecular weight is 609 g/mol. The summed E-state index contributed by atoms with van der Waals surface area (Å²) in [7, 11) is 0. The minimum atomic E-state index is 0.602. The molecule has 0 spiro atoms. The van der Waals surface area contributed by atoms with Crippen LogP contribution in [0.4, 0.5) is 23.3 Å². The maximum absolute atomic E-state index is 5.48. The molecule has 2 N–H and O–H groups in total. The van der Waals surface area contributed by atoms with E-state index in [4.69, 9.17) is 29.4 Å². The van der Waals surface area contributed by atoms with Gasteiger partial charge in [-0.3, -0.25) is 10.9 Å². The largest absolute Gasteiger partial charge is 0.378 e. The SMILES string of the molecule is Cc1nc(N2CCOCC2)nc2c1Nn1c(CCc3nnc4n3Nc3c(C)nc(N5CCOCC5)nc3S4)nnc1S2. The van der Waals surface area contributed by atoms with Gasteiger partial charge < -0.3 is 19.3 Å². The van der Waals surface area contributed by atoms with Gasteiger partial charge in [0.15, 0.2) is 11.6 Å². The standard InChI is InChI=1S/C24H28N14O2S2/c1-13-17-19(27-21(25-13)35-5-9-39-10-6-35)41-23-31-29-15(37(23)33-17)3-4-16-30-32-24-38(16)34-18-14(2)26-22(28-20(18)42-24)36-7-11-40-12-8-36/h33-34H,3-12H2,1-2H3. The van der Waals surface area contributed by atoms with Gasteiger partial charge in [0.05, 0.1) is 37.8 Å². The van der Waals surface area contributed by atoms with E-state index in [0.717, 1.165) is 92.9 Å². The molecule has 0 aliphatic carbocycles. The molecule has 8 rings (SSSR count). The summed E-state index contributed by atoms with van der Waals surface area (Å²) in [5.74, 6) is 3.02. The molecule has 0 atom stereocenters. The van der Waals surface area contributed by atoms with E-state index < -0.39 is 0 Å². The predicted molar refractivity (Wildman–Crippen MR) is 153 cm³/mol. The highest BCUT2D eigenvalue weighted by atomic mass is 32.2. The van der Waals surface area contributed by atoms with Gasteiger partial charge in [0.1, 0.15) is 21.4 Å². The Bertz CT molecular complexity index is 1540. The van der Waals surface area contributed by atoms with Gasteiger partial charge in [-0.25, -0.2) is 29.3 Å². The lowest BCUT2D eigenvalue weighted by Crippen LogP contribution is -2.37. The summed E-state index contributed by atoms with van der Waals surface area (Å²) in [6.45, 7) is 9.84. The number of rotatable bonds is 5. The van der Waals surface area contributed by atoms with Gasteiger partial charge in [-0.05, 0) is 37.4 Å². The molecule has 2 saturated heterocycles. The van der Waals surface area contributed by atoms with Crippen LogP contribution < -0.4 is 20.7 Å². The van der Waals surface area contributed by atoms with Crippen LogP contribution in [0.15, 0.2) is 20.4 Å². The number of ether oxygens (including phenoxy) is 2. The lowest BCUT2D eigenvalue weighted by atomic mass is 10.3. The molecule has 8 heterocycles. The van der Waals surface area contributed by atoms with Crippen molar-refractivity contribution in [2.75, 3.05) is 73.3 Å². The van der Waals surface area contributed by atoms with E-state index in [0.29, 0.717) is 39.3 Å². The molecule has 4 aromatic heterocycles. The Kier molecular flexibility index (Phi) is 6.49. The number of aromatic nitrogens is 10. The molecule has 16 nitrogen and oxygen atoms in total. The first kappa shape index (κ1) is 25.9. The fourth-order valence-corrected chi connectivity index (χ4v) is 7.02. The van der Waals surface area contributed by atoms with Crippen LogP contribution in [-0.4, -0.2) is 102 Å². The van der Waals surface area contributed by atoms with E-state index in [1.54, 1.807) is 0 Å². The second-order valence-electron chi connectivity index (χ2n) is 10.2. The average Bonchev–Trinajstić information content (AvgIpc) is 3.61. The van der Waals surface area contributed by atoms with Crippen LogP contribution in [-0.2, 0) is 22.3 Å². The molecular weight excluding hydrogens is 580 g/mol. The van der Waals surface area contributed by atoms with Crippen molar-refractivity contribution in [1.82, 2.24) is 49.7 Å². The monoisotopic (exact) mass is 608 g/mol. The molecule has 4 aliphatic heterocycles. The molecule has 2 fully saturated rings. The molecule has 0 saturated carbocycles. The summed E-state index contributed by atoms with van der Waals surface area (Å²) in [5, 5.41) is 21.0. The molecule has 0 bridgehead atoms. The van der Waals surface area contributed by atoms with Crippen LogP contribution in [0.2, 0.25) is 0 Å². The van der Waals surface area contributed by atoms with E-state index in [1.165, 1.54) is 23.5 Å². The van der Waals surface area contributed by atoms with Gasteiger partial charge in [0.2, 0.25) is 22.2 Å². The van der Waals surface area contributed by atoms with Crippen molar-refractivity contribution < 1.29 is 9.47 Å². The Morgan fingerprint density at radius 2 is 1.05 bits per heavy atom. The van der Waals surface area contributed by atoms with Gasteiger partial charge >= 0.3 is 0 Å². The van der Waals surface area contributed by atoms with E-state index in [9.17, 15) is 0 Å². The van der Waals surface area contributed by atoms with Crippen LogP contribution in [0.1, 0.15) is 23.0 Å². The second-order valence-corrected chi connectivity index (χ2v) is 12.1. The van der Waals surface area contributed by atoms with Crippen molar-refractivity contribution in [2.45, 2.75) is 47.1 Å². The number of aryl methyl sites for hydroxylation is 4. The molecule has 0 radical (unpaired) electrons. The topological polar surface area (TPSA) is 162 Å². The van der Waals surface area contributed by atoms with Crippen molar-refractivity contribution in [1.29, 1.82) is 0 Å². The number of hydrogen-bond acceptors (Lipinski definition) is 16. The summed E-state index contributed by atoms with van der Waals surface area (Å²) in [6.07, 6.45) is 1.20. The number of morpholine rings is 2. The molecule has 218 valence electrons. The summed E-state index contributed by atoms with van der Waals surface area (Å²) in [6, 6.07) is 0. The predicted octanol–water partition coefficient (Wildman–Crippen LogP) is 1.20. The Labute approximate surface area is 249 Å². The molecular formula is C24H28N14O2S2. The molecule has 0 unspecified atom stereocenters. The zero-order valence-electron chi connectivity index (χ0n) is 23.1. The summed E-state index contributed by atoms with van der Waals surface area (Å²) in [5.41, 5.74) is 10.4. The summed E-state index contributed by atoms with van der Waals surface area (Å²) >= 11 is 2.98. The van der Waals surface area contributed by atoms with Crippen molar-refractivity contribution in [3.63, 3.8) is 0 Å². The van der Waals surface area contributed by atoms with Gasteiger partial charge in [0.25, 0.3) is 0 Å². The molecule has 4 aromatic rings. The van der Waals surface area contributed by atoms with Crippen LogP contribution in [0, 0.1) is 13.8 Å². The first-order valence-corrected chi connectivity index (χ1v) is 15.4. The zero-order valence-corrected chi connectivity index (χ0v) is 24.7. The first-order chi connectivity index (χ1) is 20.6. The molecule has 0 aromatic carbocycles. The normalized spacial score (nSPS) is 17.6. The van der Waals surface area contributed by atoms with Crippen molar-refractivity contribution in [3.8, 4) is 0 Å². The maximum Gasteiger partial charge on any atom is 0.226 e. The van der Waals surface area contributed by atoms with Crippen LogP contribution in [0.5, 0.6) is 0 Å². The molecule has 4 aliphatic rings. The Hall–Kier alpha value is -3.74. The highest BCUT2D eigenvalue weighted by Gasteiger charge is 2.29. The van der Waals surface area contributed by atoms with Crippen LogP contribution in [0.25, 0.3) is 0 Å². The fraction of sp³-hybridized carbons (Fsp3) is 0.500. The maximum atomic E-state index is 5.48. The minimum Gasteiger partial charge on any atom is -0.378 e. The molecule has 0 amide bonds. The van der Waals surface area contributed by atoms with E-state index >= 15 is 0 Å². The summed E-state index contributed by atoms with van der Waals surface area (Å²) < 4.78 is 14.8. The quantitative estimate of drug-likeness (QED) is 0.268. The van der Waals surface area contributed by atoms with Gasteiger partial charge in [0, 0.05) is 39.0 Å². The Balaban J connectivity index is 0.982. The van der Waals surface area contributed by atoms with E-state index in [2.05, 4.69) is 41.0 Å². The fourth-order valence-electron chi connectivity index (χ4n) is 5.18. The van der Waals surface area contributed by atoms with Crippen LogP contribution in [0.3, 0.4) is 0 Å². The van der Waals surface area contributed by atoms with E-state index in [-0.39, 0.29) is 0 Å². The van der Waals surface area contributed by atoms with Gasteiger partial charge in [-0.1, -0.05) is 0 Å². The van der Waals surface area contributed by atoms with Crippen molar-refractivity contribution in [2.24, 2.45) is 0 Å². The Morgan fingerprint density at radius 1 is 0.619 bits per heavy atom. The number of anilines is 4. The van der Waals surface area contributed by atoms with Crippen LogP contribution >= 0.6 is 23.5 Å². The first-order valence-electron chi connectivity index (χ1n) is 13.8. The highest BCUT2D eigenvalue weighted by molar-refractivity contribution is 7.99. The number of nitrogens with one attached hydrogen (secondary N) is 2. The summed E-state index contributed by atoms with van der Waals surface area (Å²) in [4.78, 5) is 23.5. The molecule has 42 heavy (non-hydrogen) atoms. The third-order valence-electron chi connectivity index (χ3n) is 7.47. The number of fused-ring (bicyclic) bond motifs is 4. The van der Waals surface area contributed by atoms with Gasteiger partial charge in [-0.15, -0.1) is 20.4 Å². The minimum absolute atomic E-state index is 0.602. The van der Waals surface area contributed by atoms with Gasteiger partial charge in [-0.2, -0.15) is 0 Å². The third-order valence-corrected chi connectivity index (χ3v) is 9.34. The lowest BCUT2D eigenvalue weighted by molar-refractivity contribution is 0.122. The number of nitrogens with zero attached hydrogens (tertiary/aromatic N) is 12. The van der Waals surface area contributed by atoms with E-state index in [1.807, 2.05) is 23.2 Å². The number of hydrogen-bond donors (Lipinski definition) is 2. The van der Waals surface area contributed by atoms with Crippen molar-refractivity contribution >= 4 is 46.8 Å².